The molecule has 1 heterocycles. The summed E-state index contributed by atoms with van der Waals surface area (Å²) in [6.07, 6.45) is 0.512. The van der Waals surface area contributed by atoms with Crippen LogP contribution in [0.1, 0.15) is 20.3 Å². The molecule has 2 aromatic carbocycles. The van der Waals surface area contributed by atoms with Crippen LogP contribution in [0.5, 0.6) is 5.75 Å². The number of amides is 1. The Morgan fingerprint density at radius 2 is 1.88 bits per heavy atom. The number of benzene rings is 2. The molecule has 1 saturated heterocycles. The number of hydrogen-bond acceptors (Lipinski definition) is 4. The van der Waals surface area contributed by atoms with E-state index in [-0.39, 0.29) is 23.6 Å². The zero-order valence-corrected chi connectivity index (χ0v) is 15.4. The third-order valence-electron chi connectivity index (χ3n) is 4.45. The Morgan fingerprint density at radius 3 is 2.50 bits per heavy atom. The first kappa shape index (κ1) is 19.5. The molecule has 2 atom stereocenters. The molecule has 2 N–H and O–H groups in total. The molecule has 1 amide bonds. The SMILES string of the molecule is CC.CN1CC(C(=O)Nc2cccc(-c3ccccc3)c2O)CC1C#N. The van der Waals surface area contributed by atoms with Gasteiger partial charge in [-0.05, 0) is 25.1 Å². The van der Waals surface area contributed by atoms with Crippen LogP contribution in [0.2, 0.25) is 0 Å². The summed E-state index contributed by atoms with van der Waals surface area (Å²) in [6.45, 7) is 4.54. The fraction of sp³-hybridized carbons (Fsp3) is 0.333. The van der Waals surface area contributed by atoms with Crippen molar-refractivity contribution >= 4 is 11.6 Å². The molecule has 1 aliphatic rings. The van der Waals surface area contributed by atoms with Crippen LogP contribution in [-0.4, -0.2) is 35.5 Å². The number of para-hydroxylation sites is 1. The van der Waals surface area contributed by atoms with Gasteiger partial charge in [0.05, 0.1) is 23.7 Å². The molecule has 5 nitrogen and oxygen atoms in total. The number of hydrogen-bond donors (Lipinski definition) is 2. The standard InChI is InChI=1S/C19H19N3O2.C2H6/c1-22-12-14(10-15(22)11-20)19(24)21-17-9-5-8-16(18(17)23)13-6-3-2-4-7-13;1-2/h2-9,14-15,23H,10,12H2,1H3,(H,21,24);1-2H3. The van der Waals surface area contributed by atoms with Crippen molar-refractivity contribution in [2.75, 3.05) is 18.9 Å². The first-order valence-corrected chi connectivity index (χ1v) is 8.88. The molecule has 26 heavy (non-hydrogen) atoms. The van der Waals surface area contributed by atoms with Gasteiger partial charge in [0.1, 0.15) is 5.75 Å². The number of nitriles is 1. The summed E-state index contributed by atoms with van der Waals surface area (Å²) in [7, 11) is 1.84. The van der Waals surface area contributed by atoms with Gasteiger partial charge in [0.25, 0.3) is 0 Å². The van der Waals surface area contributed by atoms with E-state index < -0.39 is 0 Å². The minimum atomic E-state index is -0.251. The molecule has 0 aliphatic carbocycles. The Hall–Kier alpha value is -2.84. The van der Waals surface area contributed by atoms with Gasteiger partial charge in [-0.2, -0.15) is 5.26 Å². The van der Waals surface area contributed by atoms with Crippen molar-refractivity contribution in [1.29, 1.82) is 5.26 Å². The van der Waals surface area contributed by atoms with Crippen LogP contribution in [-0.2, 0) is 4.79 Å². The van der Waals surface area contributed by atoms with E-state index in [0.717, 1.165) is 5.56 Å². The van der Waals surface area contributed by atoms with Gasteiger partial charge in [0, 0.05) is 12.1 Å². The number of carbonyl (C=O) groups is 1. The first-order valence-electron chi connectivity index (χ1n) is 8.88. The number of phenols is 1. The summed E-state index contributed by atoms with van der Waals surface area (Å²) >= 11 is 0. The van der Waals surface area contributed by atoms with Gasteiger partial charge in [0.15, 0.2) is 0 Å². The second-order valence-corrected chi connectivity index (χ2v) is 6.07. The number of nitrogens with zero attached hydrogens (tertiary/aromatic N) is 2. The summed E-state index contributed by atoms with van der Waals surface area (Å²) in [5, 5.41) is 22.4. The molecule has 5 heteroatoms. The maximum absolute atomic E-state index is 12.5. The molecule has 3 rings (SSSR count). The Bertz CT molecular complexity index is 784. The fourth-order valence-corrected chi connectivity index (χ4v) is 3.07. The number of carbonyl (C=O) groups excluding carboxylic acids is 1. The van der Waals surface area contributed by atoms with Crippen LogP contribution in [0.3, 0.4) is 0 Å². The number of phenolic OH excluding ortho intramolecular Hbond substituents is 1. The monoisotopic (exact) mass is 351 g/mol. The van der Waals surface area contributed by atoms with E-state index in [1.54, 1.807) is 12.1 Å². The minimum absolute atomic E-state index is 0.0558. The average Bonchev–Trinajstić information content (AvgIpc) is 3.07. The Kier molecular flexibility index (Phi) is 6.76. The van der Waals surface area contributed by atoms with Gasteiger partial charge in [-0.1, -0.05) is 56.3 Å². The number of aromatic hydroxyl groups is 1. The van der Waals surface area contributed by atoms with E-state index in [1.165, 1.54) is 0 Å². The van der Waals surface area contributed by atoms with E-state index in [2.05, 4.69) is 11.4 Å². The highest BCUT2D eigenvalue weighted by Crippen LogP contribution is 2.35. The van der Waals surface area contributed by atoms with Crippen LogP contribution in [0.4, 0.5) is 5.69 Å². The highest BCUT2D eigenvalue weighted by atomic mass is 16.3. The van der Waals surface area contributed by atoms with Crippen LogP contribution in [0, 0.1) is 17.2 Å². The number of likely N-dealkylation sites (tertiary alicyclic amines) is 1. The van der Waals surface area contributed by atoms with Gasteiger partial charge in [-0.3, -0.25) is 9.69 Å². The smallest absolute Gasteiger partial charge is 0.228 e. The minimum Gasteiger partial charge on any atom is -0.505 e. The second kappa shape index (κ2) is 9.02. The molecule has 0 aromatic heterocycles. The average molecular weight is 351 g/mol. The summed E-state index contributed by atoms with van der Waals surface area (Å²) in [4.78, 5) is 14.3. The predicted octanol–water partition coefficient (Wildman–Crippen LogP) is 3.87. The second-order valence-electron chi connectivity index (χ2n) is 6.07. The quantitative estimate of drug-likeness (QED) is 0.823. The Labute approximate surface area is 154 Å². The van der Waals surface area contributed by atoms with Crippen LogP contribution in [0.25, 0.3) is 11.1 Å². The van der Waals surface area contributed by atoms with Crippen molar-refractivity contribution in [3.63, 3.8) is 0 Å². The normalized spacial score (nSPS) is 19.2. The van der Waals surface area contributed by atoms with Crippen LogP contribution >= 0.6 is 0 Å². The van der Waals surface area contributed by atoms with E-state index in [9.17, 15) is 9.90 Å². The van der Waals surface area contributed by atoms with Crippen molar-refractivity contribution in [1.82, 2.24) is 4.90 Å². The molecule has 0 bridgehead atoms. The third-order valence-corrected chi connectivity index (χ3v) is 4.45. The first-order chi connectivity index (χ1) is 12.6. The largest absolute Gasteiger partial charge is 0.505 e. The summed E-state index contributed by atoms with van der Waals surface area (Å²) in [5.74, 6) is -0.361. The molecule has 0 radical (unpaired) electrons. The predicted molar refractivity (Wildman–Crippen MR) is 104 cm³/mol. The van der Waals surface area contributed by atoms with Gasteiger partial charge in [-0.25, -0.2) is 0 Å². The molecule has 0 saturated carbocycles. The number of anilines is 1. The molecule has 1 aliphatic heterocycles. The topological polar surface area (TPSA) is 76.4 Å². The van der Waals surface area contributed by atoms with Crippen molar-refractivity contribution in [3.8, 4) is 22.9 Å². The molecule has 1 fully saturated rings. The molecule has 2 aromatic rings. The molecule has 0 spiro atoms. The van der Waals surface area contributed by atoms with Gasteiger partial charge >= 0.3 is 0 Å². The summed E-state index contributed by atoms with van der Waals surface area (Å²) < 4.78 is 0. The van der Waals surface area contributed by atoms with E-state index >= 15 is 0 Å². The Balaban J connectivity index is 0.00000117. The molecular weight excluding hydrogens is 326 g/mol. The van der Waals surface area contributed by atoms with Crippen LogP contribution < -0.4 is 5.32 Å². The highest BCUT2D eigenvalue weighted by Gasteiger charge is 2.34. The lowest BCUT2D eigenvalue weighted by Gasteiger charge is -2.14. The molecule has 2 unspecified atom stereocenters. The Morgan fingerprint density at radius 1 is 1.19 bits per heavy atom. The molecular formula is C21H25N3O2. The third kappa shape index (κ3) is 4.22. The zero-order valence-electron chi connectivity index (χ0n) is 15.4. The van der Waals surface area contributed by atoms with Gasteiger partial charge in [0.2, 0.25) is 5.91 Å². The maximum Gasteiger partial charge on any atom is 0.228 e. The summed E-state index contributed by atoms with van der Waals surface area (Å²) in [5.41, 5.74) is 1.95. The van der Waals surface area contributed by atoms with Gasteiger partial charge in [-0.15, -0.1) is 0 Å². The van der Waals surface area contributed by atoms with E-state index in [0.29, 0.717) is 24.2 Å². The van der Waals surface area contributed by atoms with E-state index in [4.69, 9.17) is 5.26 Å². The fourth-order valence-electron chi connectivity index (χ4n) is 3.07. The maximum atomic E-state index is 12.5. The van der Waals surface area contributed by atoms with Crippen molar-refractivity contribution < 1.29 is 9.90 Å². The number of nitrogens with one attached hydrogen (secondary N) is 1. The number of rotatable bonds is 3. The van der Waals surface area contributed by atoms with Crippen molar-refractivity contribution in [2.45, 2.75) is 26.3 Å². The van der Waals surface area contributed by atoms with Crippen LogP contribution in [0.15, 0.2) is 48.5 Å². The van der Waals surface area contributed by atoms with Crippen molar-refractivity contribution in [3.05, 3.63) is 48.5 Å². The lowest BCUT2D eigenvalue weighted by atomic mass is 10.0. The van der Waals surface area contributed by atoms with Crippen molar-refractivity contribution in [2.24, 2.45) is 5.92 Å². The highest BCUT2D eigenvalue weighted by molar-refractivity contribution is 5.96. The summed E-state index contributed by atoms with van der Waals surface area (Å²) in [6, 6.07) is 16.8. The van der Waals surface area contributed by atoms with Gasteiger partial charge < -0.3 is 10.4 Å². The van der Waals surface area contributed by atoms with E-state index in [1.807, 2.05) is 62.2 Å². The lowest BCUT2D eigenvalue weighted by Crippen LogP contribution is -2.26. The lowest BCUT2D eigenvalue weighted by molar-refractivity contribution is -0.119. The zero-order chi connectivity index (χ0) is 19.1. The molecule has 136 valence electrons.